The van der Waals surface area contributed by atoms with Gasteiger partial charge in [-0.2, -0.15) is 0 Å². The van der Waals surface area contributed by atoms with E-state index in [1.165, 1.54) is 0 Å². The van der Waals surface area contributed by atoms with Crippen LogP contribution in [0, 0.1) is 5.92 Å². The first-order valence-corrected chi connectivity index (χ1v) is 17.7. The van der Waals surface area contributed by atoms with Crippen molar-refractivity contribution < 1.29 is 23.6 Å². The Labute approximate surface area is 245 Å². The molecule has 0 unspecified atom stereocenters. The molecule has 3 aromatic rings. The molecule has 0 heterocycles. The van der Waals surface area contributed by atoms with Crippen molar-refractivity contribution in [3.8, 4) is 0 Å². The number of benzene rings is 3. The van der Waals surface area contributed by atoms with Gasteiger partial charge in [0.2, 0.25) is 8.32 Å². The second kappa shape index (κ2) is 16.2. The molecule has 2 atom stereocenters. The summed E-state index contributed by atoms with van der Waals surface area (Å²) < 4.78 is 17.2. The average molecular weight is 577 g/mol. The lowest BCUT2D eigenvalue weighted by atomic mass is 9.88. The highest BCUT2D eigenvalue weighted by atomic mass is 28.4. The van der Waals surface area contributed by atoms with Gasteiger partial charge in [0.25, 0.3) is 0 Å². The molecule has 0 bridgehead atoms. The summed E-state index contributed by atoms with van der Waals surface area (Å²) in [5.74, 6) is -2.48. The van der Waals surface area contributed by atoms with Crippen molar-refractivity contribution in [1.82, 2.24) is 10.4 Å². The molecule has 3 rings (SSSR count). The van der Waals surface area contributed by atoms with E-state index in [2.05, 4.69) is 66.4 Å². The normalized spacial score (nSPS) is 13.1. The van der Waals surface area contributed by atoms with Crippen molar-refractivity contribution in [2.24, 2.45) is 5.92 Å². The van der Waals surface area contributed by atoms with Crippen molar-refractivity contribution >= 4 is 20.3 Å². The zero-order valence-electron chi connectivity index (χ0n) is 24.9. The minimum absolute atomic E-state index is 0.150. The van der Waals surface area contributed by atoms with Crippen molar-refractivity contribution in [2.75, 3.05) is 13.2 Å². The van der Waals surface area contributed by atoms with E-state index in [1.54, 1.807) is 13.8 Å². The Hall–Kier alpha value is -3.30. The zero-order chi connectivity index (χ0) is 29.7. The van der Waals surface area contributed by atoms with Crippen LogP contribution in [0.2, 0.25) is 19.6 Å². The van der Waals surface area contributed by atoms with Crippen molar-refractivity contribution in [1.29, 1.82) is 0 Å². The zero-order valence-corrected chi connectivity index (χ0v) is 25.9. The second-order valence-corrected chi connectivity index (χ2v) is 15.4. The number of nitrogens with one attached hydrogen (secondary N) is 1. The van der Waals surface area contributed by atoms with Crippen LogP contribution in [0.3, 0.4) is 0 Å². The highest BCUT2D eigenvalue weighted by Crippen LogP contribution is 2.25. The third kappa shape index (κ3) is 10.6. The third-order valence-electron chi connectivity index (χ3n) is 6.57. The number of hydrogen-bond donors (Lipinski definition) is 1. The number of hydroxylamine groups is 1. The molecule has 0 aliphatic rings. The standard InChI is InChI=1S/C33H44N2O5Si/c1-6-38-32(36)30(33(37)39-7-2)31(34-40-41(3,4)5)29(23-26-17-11-8-12-18-26)35(24-27-19-13-9-14-20-27)25-28-21-15-10-16-22-28/h8-22,29-31,34H,6-7,23-25H2,1-5H3/t29-,31-/m0/s1. The van der Waals surface area contributed by atoms with Crippen LogP contribution in [0.15, 0.2) is 91.0 Å². The van der Waals surface area contributed by atoms with Gasteiger partial charge < -0.3 is 14.0 Å². The molecule has 1 N–H and O–H groups in total. The molecule has 0 saturated heterocycles. The summed E-state index contributed by atoms with van der Waals surface area (Å²) in [5, 5.41) is 0. The molecule has 0 spiro atoms. The van der Waals surface area contributed by atoms with Gasteiger partial charge in [0.15, 0.2) is 5.92 Å². The number of hydrogen-bond acceptors (Lipinski definition) is 7. The summed E-state index contributed by atoms with van der Waals surface area (Å²) in [5.41, 5.74) is 6.55. The fourth-order valence-electron chi connectivity index (χ4n) is 4.73. The molecule has 3 aromatic carbocycles. The molecular formula is C33H44N2O5Si. The largest absolute Gasteiger partial charge is 0.465 e. The van der Waals surface area contributed by atoms with Crippen LogP contribution in [0.4, 0.5) is 0 Å². The minimum atomic E-state index is -2.13. The lowest BCUT2D eigenvalue weighted by Crippen LogP contribution is -2.59. The van der Waals surface area contributed by atoms with Crippen molar-refractivity contribution in [2.45, 2.75) is 65.1 Å². The SMILES string of the molecule is CCOC(=O)C(C(=O)OCC)[C@@H](NO[Si](C)(C)C)[C@H](Cc1ccccc1)N(Cc1ccccc1)Cc1ccccc1. The van der Waals surface area contributed by atoms with Crippen LogP contribution < -0.4 is 5.48 Å². The van der Waals surface area contributed by atoms with E-state index >= 15 is 0 Å². The predicted octanol–water partition coefficient (Wildman–Crippen LogP) is 5.77. The van der Waals surface area contributed by atoms with Crippen LogP contribution in [0.1, 0.15) is 30.5 Å². The molecule has 41 heavy (non-hydrogen) atoms. The first kappa shape index (κ1) is 32.2. The summed E-state index contributed by atoms with van der Waals surface area (Å²) in [6.07, 6.45) is 0.558. The van der Waals surface area contributed by atoms with E-state index in [-0.39, 0.29) is 19.3 Å². The van der Waals surface area contributed by atoms with Gasteiger partial charge in [-0.25, -0.2) is 5.48 Å². The maximum Gasteiger partial charge on any atom is 0.322 e. The number of carbonyl (C=O) groups excluding carboxylic acids is 2. The molecule has 220 valence electrons. The molecule has 0 aliphatic heterocycles. The Morgan fingerprint density at radius 3 is 1.51 bits per heavy atom. The van der Waals surface area contributed by atoms with Crippen LogP contribution in [0.5, 0.6) is 0 Å². The van der Waals surface area contributed by atoms with Crippen molar-refractivity contribution in [3.63, 3.8) is 0 Å². The number of ether oxygens (including phenoxy) is 2. The summed E-state index contributed by atoms with van der Waals surface area (Å²) >= 11 is 0. The van der Waals surface area contributed by atoms with Crippen LogP contribution in [0.25, 0.3) is 0 Å². The first-order valence-electron chi connectivity index (χ1n) is 14.3. The van der Waals surface area contributed by atoms with E-state index in [1.807, 2.05) is 54.6 Å². The number of nitrogens with zero attached hydrogens (tertiary/aromatic N) is 1. The van der Waals surface area contributed by atoms with E-state index in [4.69, 9.17) is 14.0 Å². The molecule has 0 saturated carbocycles. The smallest absolute Gasteiger partial charge is 0.322 e. The second-order valence-electron chi connectivity index (χ2n) is 11.0. The van der Waals surface area contributed by atoms with E-state index in [9.17, 15) is 9.59 Å². The van der Waals surface area contributed by atoms with Gasteiger partial charge in [0.05, 0.1) is 19.3 Å². The maximum atomic E-state index is 13.5. The lowest BCUT2D eigenvalue weighted by Gasteiger charge is -2.40. The molecular weight excluding hydrogens is 532 g/mol. The van der Waals surface area contributed by atoms with Crippen LogP contribution in [-0.4, -0.2) is 50.5 Å². The summed E-state index contributed by atoms with van der Waals surface area (Å²) in [4.78, 5) is 29.3. The Kier molecular flexibility index (Phi) is 12.7. The van der Waals surface area contributed by atoms with Gasteiger partial charge in [0.1, 0.15) is 0 Å². The predicted molar refractivity (Wildman–Crippen MR) is 164 cm³/mol. The Morgan fingerprint density at radius 1 is 0.707 bits per heavy atom. The number of esters is 2. The highest BCUT2D eigenvalue weighted by molar-refractivity contribution is 6.69. The molecule has 8 heteroatoms. The fraction of sp³-hybridized carbons (Fsp3) is 0.394. The van der Waals surface area contributed by atoms with E-state index in [0.29, 0.717) is 19.5 Å². The Morgan fingerprint density at radius 2 is 1.12 bits per heavy atom. The van der Waals surface area contributed by atoms with Gasteiger partial charge >= 0.3 is 11.9 Å². The highest BCUT2D eigenvalue weighted by Gasteiger charge is 2.44. The maximum absolute atomic E-state index is 13.5. The summed E-state index contributed by atoms with van der Waals surface area (Å²) in [6, 6.07) is 29.4. The average Bonchev–Trinajstić information content (AvgIpc) is 2.95. The summed E-state index contributed by atoms with van der Waals surface area (Å²) in [7, 11) is -2.13. The molecule has 0 aromatic heterocycles. The van der Waals surface area contributed by atoms with Crippen LogP contribution >= 0.6 is 0 Å². The molecule has 7 nitrogen and oxygen atoms in total. The van der Waals surface area contributed by atoms with Gasteiger partial charge in [-0.3, -0.25) is 14.5 Å². The number of carbonyl (C=O) groups is 2. The first-order chi connectivity index (χ1) is 19.7. The Bertz CT molecular complexity index is 1130. The van der Waals surface area contributed by atoms with Gasteiger partial charge in [-0.1, -0.05) is 91.0 Å². The molecule has 0 aliphatic carbocycles. The molecule has 0 amide bonds. The quantitative estimate of drug-likeness (QED) is 0.100. The molecule has 0 radical (unpaired) electrons. The molecule has 0 fully saturated rings. The monoisotopic (exact) mass is 576 g/mol. The van der Waals surface area contributed by atoms with E-state index < -0.39 is 32.2 Å². The fourth-order valence-corrected chi connectivity index (χ4v) is 5.22. The van der Waals surface area contributed by atoms with Gasteiger partial charge in [-0.05, 0) is 56.6 Å². The van der Waals surface area contributed by atoms with E-state index in [0.717, 1.165) is 16.7 Å². The lowest BCUT2D eigenvalue weighted by molar-refractivity contribution is -0.166. The van der Waals surface area contributed by atoms with Crippen molar-refractivity contribution in [3.05, 3.63) is 108 Å². The Balaban J connectivity index is 2.18. The topological polar surface area (TPSA) is 77.1 Å². The summed E-state index contributed by atoms with van der Waals surface area (Å²) in [6.45, 7) is 11.1. The number of rotatable bonds is 16. The van der Waals surface area contributed by atoms with Gasteiger partial charge in [0, 0.05) is 19.1 Å². The third-order valence-corrected chi connectivity index (χ3v) is 7.30. The van der Waals surface area contributed by atoms with Gasteiger partial charge in [-0.15, -0.1) is 0 Å². The van der Waals surface area contributed by atoms with Crippen LogP contribution in [-0.2, 0) is 43.1 Å². The minimum Gasteiger partial charge on any atom is -0.465 e.